The summed E-state index contributed by atoms with van der Waals surface area (Å²) in [6.07, 6.45) is -0.348. The second-order valence-electron chi connectivity index (χ2n) is 6.24. The highest BCUT2D eigenvalue weighted by Gasteiger charge is 2.28. The lowest BCUT2D eigenvalue weighted by atomic mass is 10.0. The Bertz CT molecular complexity index is 1030. The van der Waals surface area contributed by atoms with Crippen LogP contribution in [0.4, 0.5) is 8.78 Å². The molecule has 0 saturated heterocycles. The fraction of sp³-hybridized carbons (Fsp3) is 0.211. The molecule has 0 fully saturated rings. The van der Waals surface area contributed by atoms with Crippen molar-refractivity contribution in [1.29, 1.82) is 0 Å². The Kier molecular flexibility index (Phi) is 3.79. The van der Waals surface area contributed by atoms with Crippen LogP contribution in [0.25, 0.3) is 10.9 Å². The van der Waals surface area contributed by atoms with Gasteiger partial charge in [-0.15, -0.1) is 0 Å². The van der Waals surface area contributed by atoms with Gasteiger partial charge in [-0.3, -0.25) is 0 Å². The van der Waals surface area contributed by atoms with Gasteiger partial charge >= 0.3 is 5.97 Å². The first-order chi connectivity index (χ1) is 12.4. The Balaban J connectivity index is 1.81. The number of aryl methyl sites for hydroxylation is 1. The van der Waals surface area contributed by atoms with Gasteiger partial charge in [-0.1, -0.05) is 0 Å². The van der Waals surface area contributed by atoms with E-state index in [2.05, 4.69) is 4.98 Å². The second-order valence-corrected chi connectivity index (χ2v) is 6.24. The molecule has 0 radical (unpaired) electrons. The van der Waals surface area contributed by atoms with Gasteiger partial charge in [-0.25, -0.2) is 13.6 Å². The molecule has 2 heterocycles. The Hall–Kier alpha value is -3.09. The Morgan fingerprint density at radius 2 is 2.08 bits per heavy atom. The summed E-state index contributed by atoms with van der Waals surface area (Å²) in [5.74, 6) is -2.14. The molecule has 134 valence electrons. The molecule has 2 aromatic carbocycles. The Morgan fingerprint density at radius 3 is 2.85 bits per heavy atom. The number of fused-ring (bicyclic) bond motifs is 2. The van der Waals surface area contributed by atoms with Crippen LogP contribution in [0.1, 0.15) is 34.1 Å². The molecule has 0 spiro atoms. The standard InChI is InChI=1S/C19H15F2NO4/c1-9-4-12-14(22-9)5-10(19(23)24)6-16(12)26-15-2-3-25-17-8-11(20)7-13(21)18(15)17/h4-8,15,22H,2-3H2,1H3,(H,23,24). The highest BCUT2D eigenvalue weighted by Crippen LogP contribution is 2.40. The molecule has 1 aliphatic rings. The number of benzene rings is 2. The second kappa shape index (κ2) is 6.01. The van der Waals surface area contributed by atoms with Gasteiger partial charge < -0.3 is 19.6 Å². The van der Waals surface area contributed by atoms with Crippen molar-refractivity contribution >= 4 is 16.9 Å². The SMILES string of the molecule is Cc1cc2c(OC3CCOc4cc(F)cc(F)c43)cc(C(=O)O)cc2[nH]1. The van der Waals surface area contributed by atoms with Crippen LogP contribution >= 0.6 is 0 Å². The molecule has 1 aromatic heterocycles. The van der Waals surface area contributed by atoms with Crippen LogP contribution in [0.5, 0.6) is 11.5 Å². The van der Waals surface area contributed by atoms with Crippen molar-refractivity contribution in [3.8, 4) is 11.5 Å². The minimum Gasteiger partial charge on any atom is -0.493 e. The van der Waals surface area contributed by atoms with Crippen LogP contribution in [-0.4, -0.2) is 22.7 Å². The van der Waals surface area contributed by atoms with Gasteiger partial charge in [-0.2, -0.15) is 0 Å². The molecule has 5 nitrogen and oxygen atoms in total. The van der Waals surface area contributed by atoms with Crippen molar-refractivity contribution in [3.05, 3.63) is 58.8 Å². The van der Waals surface area contributed by atoms with Crippen molar-refractivity contribution in [2.75, 3.05) is 6.61 Å². The molecule has 1 unspecified atom stereocenters. The number of carboxylic acids is 1. The maximum Gasteiger partial charge on any atom is 0.335 e. The maximum absolute atomic E-state index is 14.3. The number of rotatable bonds is 3. The third kappa shape index (κ3) is 2.75. The summed E-state index contributed by atoms with van der Waals surface area (Å²) in [6.45, 7) is 2.09. The van der Waals surface area contributed by atoms with E-state index in [0.717, 1.165) is 17.8 Å². The van der Waals surface area contributed by atoms with Crippen molar-refractivity contribution < 1.29 is 28.2 Å². The first-order valence-corrected chi connectivity index (χ1v) is 8.07. The maximum atomic E-state index is 14.3. The Morgan fingerprint density at radius 1 is 1.27 bits per heavy atom. The van der Waals surface area contributed by atoms with Crippen LogP contribution in [0.3, 0.4) is 0 Å². The van der Waals surface area contributed by atoms with Crippen molar-refractivity contribution in [1.82, 2.24) is 4.98 Å². The lowest BCUT2D eigenvalue weighted by Gasteiger charge is -2.27. The van der Waals surface area contributed by atoms with E-state index < -0.39 is 23.7 Å². The van der Waals surface area contributed by atoms with Crippen molar-refractivity contribution in [2.24, 2.45) is 0 Å². The molecule has 26 heavy (non-hydrogen) atoms. The molecule has 1 aliphatic heterocycles. The molecular formula is C19H15F2NO4. The summed E-state index contributed by atoms with van der Waals surface area (Å²) < 4.78 is 39.1. The van der Waals surface area contributed by atoms with Crippen molar-refractivity contribution in [3.63, 3.8) is 0 Å². The first kappa shape index (κ1) is 16.4. The monoisotopic (exact) mass is 359 g/mol. The van der Waals surface area contributed by atoms with E-state index in [-0.39, 0.29) is 23.5 Å². The van der Waals surface area contributed by atoms with E-state index in [1.165, 1.54) is 12.1 Å². The summed E-state index contributed by atoms with van der Waals surface area (Å²) in [4.78, 5) is 14.5. The van der Waals surface area contributed by atoms with E-state index in [1.807, 2.05) is 13.0 Å². The van der Waals surface area contributed by atoms with Gasteiger partial charge in [0.1, 0.15) is 29.2 Å². The molecule has 0 amide bonds. The third-order valence-electron chi connectivity index (χ3n) is 4.37. The molecule has 7 heteroatoms. The number of aromatic carboxylic acids is 1. The number of hydrogen-bond donors (Lipinski definition) is 2. The number of aromatic amines is 1. The number of ether oxygens (including phenoxy) is 2. The predicted molar refractivity (Wildman–Crippen MR) is 89.8 cm³/mol. The van der Waals surface area contributed by atoms with E-state index in [9.17, 15) is 18.7 Å². The fourth-order valence-electron chi connectivity index (χ4n) is 3.25. The summed E-state index contributed by atoms with van der Waals surface area (Å²) >= 11 is 0. The van der Waals surface area contributed by atoms with Crippen LogP contribution in [-0.2, 0) is 0 Å². The molecular weight excluding hydrogens is 344 g/mol. The lowest BCUT2D eigenvalue weighted by molar-refractivity contribution is 0.0695. The van der Waals surface area contributed by atoms with Crippen LogP contribution in [0.15, 0.2) is 30.3 Å². The van der Waals surface area contributed by atoms with E-state index in [0.29, 0.717) is 23.1 Å². The number of hydrogen-bond acceptors (Lipinski definition) is 3. The van der Waals surface area contributed by atoms with Gasteiger partial charge in [0.15, 0.2) is 0 Å². The quantitative estimate of drug-likeness (QED) is 0.729. The van der Waals surface area contributed by atoms with Crippen LogP contribution in [0.2, 0.25) is 0 Å². The first-order valence-electron chi connectivity index (χ1n) is 8.07. The minimum absolute atomic E-state index is 0.0567. The number of carbonyl (C=O) groups is 1. The number of H-pyrrole nitrogens is 1. The van der Waals surface area contributed by atoms with Crippen LogP contribution < -0.4 is 9.47 Å². The fourth-order valence-corrected chi connectivity index (χ4v) is 3.25. The summed E-state index contributed by atoms with van der Waals surface area (Å²) in [6, 6.07) is 6.67. The molecule has 3 aromatic rings. The molecule has 2 N–H and O–H groups in total. The summed E-state index contributed by atoms with van der Waals surface area (Å²) in [7, 11) is 0. The normalized spacial score (nSPS) is 16.2. The smallest absolute Gasteiger partial charge is 0.335 e. The van der Waals surface area contributed by atoms with Gasteiger partial charge in [-0.05, 0) is 25.1 Å². The molecule has 0 aliphatic carbocycles. The van der Waals surface area contributed by atoms with Crippen molar-refractivity contribution in [2.45, 2.75) is 19.4 Å². The lowest BCUT2D eigenvalue weighted by Crippen LogP contribution is -2.20. The zero-order chi connectivity index (χ0) is 18.4. The number of aromatic nitrogens is 1. The summed E-state index contributed by atoms with van der Waals surface area (Å²) in [5, 5.41) is 10.0. The van der Waals surface area contributed by atoms with E-state index in [4.69, 9.17) is 9.47 Å². The number of halogens is 2. The highest BCUT2D eigenvalue weighted by atomic mass is 19.1. The number of nitrogens with one attached hydrogen (secondary N) is 1. The zero-order valence-electron chi connectivity index (χ0n) is 13.8. The van der Waals surface area contributed by atoms with Crippen LogP contribution in [0, 0.1) is 18.6 Å². The minimum atomic E-state index is -1.09. The highest BCUT2D eigenvalue weighted by molar-refractivity contribution is 5.96. The van der Waals surface area contributed by atoms with Gasteiger partial charge in [0.2, 0.25) is 0 Å². The topological polar surface area (TPSA) is 71.6 Å². The van der Waals surface area contributed by atoms with E-state index in [1.54, 1.807) is 0 Å². The van der Waals surface area contributed by atoms with Gasteiger partial charge in [0.25, 0.3) is 0 Å². The molecule has 4 rings (SSSR count). The number of carboxylic acid groups (broad SMARTS) is 1. The third-order valence-corrected chi connectivity index (χ3v) is 4.37. The average molecular weight is 359 g/mol. The van der Waals surface area contributed by atoms with Gasteiger partial charge in [0, 0.05) is 29.6 Å². The average Bonchev–Trinajstić information content (AvgIpc) is 2.94. The molecule has 0 bridgehead atoms. The van der Waals surface area contributed by atoms with Gasteiger partial charge in [0.05, 0.1) is 23.3 Å². The largest absolute Gasteiger partial charge is 0.493 e. The Labute approximate surface area is 147 Å². The predicted octanol–water partition coefficient (Wildman–Crippen LogP) is 4.36. The molecule has 0 saturated carbocycles. The van der Waals surface area contributed by atoms with E-state index >= 15 is 0 Å². The summed E-state index contributed by atoms with van der Waals surface area (Å²) in [5.41, 5.74) is 1.65. The molecule has 1 atom stereocenters. The zero-order valence-corrected chi connectivity index (χ0v) is 13.8.